The molecule has 2 aromatic rings. The van der Waals surface area contributed by atoms with Crippen molar-refractivity contribution >= 4 is 26.8 Å². The summed E-state index contributed by atoms with van der Waals surface area (Å²) >= 11 is 3.38. The molecule has 0 aliphatic carbocycles. The Morgan fingerprint density at radius 3 is 3.18 bits per heavy atom. The summed E-state index contributed by atoms with van der Waals surface area (Å²) in [6, 6.07) is 10.9. The third kappa shape index (κ3) is 1.26. The molecule has 1 heterocycles. The van der Waals surface area contributed by atoms with E-state index in [1.807, 2.05) is 24.3 Å². The SMILES string of the molecule is Brc1ccc2c[c]cnc2c1. The second-order valence-electron chi connectivity index (χ2n) is 2.27. The van der Waals surface area contributed by atoms with E-state index in [0.717, 1.165) is 15.4 Å². The van der Waals surface area contributed by atoms with Crippen LogP contribution in [0.25, 0.3) is 10.9 Å². The maximum absolute atomic E-state index is 4.16. The fraction of sp³-hybridized carbons (Fsp3) is 0. The molecule has 2 rings (SSSR count). The summed E-state index contributed by atoms with van der Waals surface area (Å²) in [5.74, 6) is 0. The van der Waals surface area contributed by atoms with Gasteiger partial charge >= 0.3 is 0 Å². The molecule has 2 heteroatoms. The van der Waals surface area contributed by atoms with Gasteiger partial charge in [0.1, 0.15) is 0 Å². The van der Waals surface area contributed by atoms with Gasteiger partial charge in [0.15, 0.2) is 0 Å². The summed E-state index contributed by atoms with van der Waals surface area (Å²) in [4.78, 5) is 4.16. The van der Waals surface area contributed by atoms with Crippen molar-refractivity contribution in [3.63, 3.8) is 0 Å². The maximum Gasteiger partial charge on any atom is 0.0713 e. The first-order valence-corrected chi connectivity index (χ1v) is 4.07. The predicted molar refractivity (Wildman–Crippen MR) is 48.3 cm³/mol. The lowest BCUT2D eigenvalue weighted by molar-refractivity contribution is 1.40. The van der Waals surface area contributed by atoms with Crippen LogP contribution in [0, 0.1) is 6.07 Å². The molecule has 53 valence electrons. The van der Waals surface area contributed by atoms with E-state index in [2.05, 4.69) is 27.0 Å². The van der Waals surface area contributed by atoms with Crippen molar-refractivity contribution in [3.8, 4) is 0 Å². The summed E-state index contributed by atoms with van der Waals surface area (Å²) in [7, 11) is 0. The molecule has 0 bridgehead atoms. The first-order valence-electron chi connectivity index (χ1n) is 3.27. The molecule has 0 unspecified atom stereocenters. The zero-order chi connectivity index (χ0) is 7.68. The number of aromatic nitrogens is 1. The molecule has 0 atom stereocenters. The zero-order valence-electron chi connectivity index (χ0n) is 5.71. The number of pyridine rings is 1. The highest BCUT2D eigenvalue weighted by atomic mass is 79.9. The summed E-state index contributed by atoms with van der Waals surface area (Å²) in [6.07, 6.45) is 1.68. The van der Waals surface area contributed by atoms with Crippen molar-refractivity contribution in [3.05, 3.63) is 41.0 Å². The number of nitrogens with zero attached hydrogens (tertiary/aromatic N) is 1. The van der Waals surface area contributed by atoms with Crippen LogP contribution in [-0.2, 0) is 0 Å². The molecular weight excluding hydrogens is 202 g/mol. The smallest absolute Gasteiger partial charge is 0.0713 e. The van der Waals surface area contributed by atoms with Gasteiger partial charge in [0, 0.05) is 22.1 Å². The lowest BCUT2D eigenvalue weighted by Crippen LogP contribution is -1.75. The van der Waals surface area contributed by atoms with Crippen molar-refractivity contribution < 1.29 is 0 Å². The topological polar surface area (TPSA) is 12.9 Å². The van der Waals surface area contributed by atoms with Gasteiger partial charge in [-0.3, -0.25) is 4.98 Å². The maximum atomic E-state index is 4.16. The Morgan fingerprint density at radius 2 is 2.27 bits per heavy atom. The van der Waals surface area contributed by atoms with Gasteiger partial charge in [-0.1, -0.05) is 22.0 Å². The van der Waals surface area contributed by atoms with Gasteiger partial charge in [0.05, 0.1) is 5.52 Å². The summed E-state index contributed by atoms with van der Waals surface area (Å²) < 4.78 is 1.06. The molecule has 11 heavy (non-hydrogen) atoms. The van der Waals surface area contributed by atoms with Crippen LogP contribution in [0.3, 0.4) is 0 Å². The molecule has 0 aliphatic rings. The van der Waals surface area contributed by atoms with Gasteiger partial charge in [-0.2, -0.15) is 0 Å². The first-order chi connectivity index (χ1) is 5.36. The van der Waals surface area contributed by atoms with E-state index in [1.165, 1.54) is 0 Å². The largest absolute Gasteiger partial charge is 0.256 e. The molecule has 0 saturated carbocycles. The number of hydrogen-bond acceptors (Lipinski definition) is 1. The standard InChI is InChI=1S/C9H5BrN/c10-8-4-3-7-2-1-5-11-9(7)6-8/h2-6H. The van der Waals surface area contributed by atoms with E-state index < -0.39 is 0 Å². The Balaban J connectivity index is 2.83. The van der Waals surface area contributed by atoms with Crippen LogP contribution < -0.4 is 0 Å². The summed E-state index contributed by atoms with van der Waals surface area (Å²) in [5.41, 5.74) is 0.998. The lowest BCUT2D eigenvalue weighted by Gasteiger charge is -1.94. The second kappa shape index (κ2) is 2.62. The molecule has 0 fully saturated rings. The van der Waals surface area contributed by atoms with Gasteiger partial charge in [0.25, 0.3) is 0 Å². The van der Waals surface area contributed by atoms with Gasteiger partial charge in [-0.05, 0) is 18.2 Å². The molecule has 1 nitrogen and oxygen atoms in total. The molecule has 0 spiro atoms. The molecular formula is C9H5BrN. The molecule has 0 aliphatic heterocycles. The van der Waals surface area contributed by atoms with Crippen LogP contribution in [0.5, 0.6) is 0 Å². The fourth-order valence-electron chi connectivity index (χ4n) is 0.985. The number of hydrogen-bond donors (Lipinski definition) is 0. The van der Waals surface area contributed by atoms with Gasteiger partial charge in [0.2, 0.25) is 0 Å². The fourth-order valence-corrected chi connectivity index (χ4v) is 1.33. The quantitative estimate of drug-likeness (QED) is 0.647. The minimum absolute atomic E-state index is 0.998. The van der Waals surface area contributed by atoms with Crippen molar-refractivity contribution in [2.24, 2.45) is 0 Å². The normalized spacial score (nSPS) is 10.3. The molecule has 0 amide bonds. The first kappa shape index (κ1) is 6.80. The molecule has 0 saturated heterocycles. The molecule has 0 N–H and O–H groups in total. The van der Waals surface area contributed by atoms with Crippen molar-refractivity contribution in [1.82, 2.24) is 4.98 Å². The minimum atomic E-state index is 0.998. The van der Waals surface area contributed by atoms with E-state index in [0.29, 0.717) is 0 Å². The van der Waals surface area contributed by atoms with E-state index in [1.54, 1.807) is 6.20 Å². The molecule has 1 radical (unpaired) electrons. The number of rotatable bonds is 0. The average molecular weight is 207 g/mol. The van der Waals surface area contributed by atoms with Crippen LogP contribution in [0.4, 0.5) is 0 Å². The van der Waals surface area contributed by atoms with Crippen LogP contribution in [0.15, 0.2) is 34.9 Å². The third-order valence-electron chi connectivity index (χ3n) is 1.51. The summed E-state index contributed by atoms with van der Waals surface area (Å²) in [6.45, 7) is 0. The van der Waals surface area contributed by atoms with Crippen LogP contribution in [-0.4, -0.2) is 4.98 Å². The Morgan fingerprint density at radius 1 is 1.36 bits per heavy atom. The second-order valence-corrected chi connectivity index (χ2v) is 3.19. The Kier molecular flexibility index (Phi) is 1.62. The van der Waals surface area contributed by atoms with Crippen molar-refractivity contribution in [1.29, 1.82) is 0 Å². The van der Waals surface area contributed by atoms with Crippen LogP contribution >= 0.6 is 15.9 Å². The van der Waals surface area contributed by atoms with E-state index in [4.69, 9.17) is 0 Å². The molecule has 1 aromatic carbocycles. The Hall–Kier alpha value is -0.890. The zero-order valence-corrected chi connectivity index (χ0v) is 7.30. The average Bonchev–Trinajstić information content (AvgIpc) is 2.04. The lowest BCUT2D eigenvalue weighted by atomic mass is 10.2. The highest BCUT2D eigenvalue weighted by Gasteiger charge is 1.92. The van der Waals surface area contributed by atoms with E-state index >= 15 is 0 Å². The van der Waals surface area contributed by atoms with Crippen LogP contribution in [0.1, 0.15) is 0 Å². The monoisotopic (exact) mass is 206 g/mol. The van der Waals surface area contributed by atoms with E-state index in [9.17, 15) is 0 Å². The van der Waals surface area contributed by atoms with Crippen molar-refractivity contribution in [2.75, 3.05) is 0 Å². The Bertz CT molecular complexity index is 384. The third-order valence-corrected chi connectivity index (χ3v) is 2.00. The van der Waals surface area contributed by atoms with Gasteiger partial charge in [-0.15, -0.1) is 0 Å². The summed E-state index contributed by atoms with van der Waals surface area (Å²) in [5, 5.41) is 1.12. The number of halogens is 1. The highest BCUT2D eigenvalue weighted by molar-refractivity contribution is 9.10. The van der Waals surface area contributed by atoms with Crippen molar-refractivity contribution in [2.45, 2.75) is 0 Å². The molecule has 1 aromatic heterocycles. The number of fused-ring (bicyclic) bond motifs is 1. The minimum Gasteiger partial charge on any atom is -0.256 e. The van der Waals surface area contributed by atoms with Crippen LogP contribution in [0.2, 0.25) is 0 Å². The highest BCUT2D eigenvalue weighted by Crippen LogP contribution is 2.16. The Labute approximate surface area is 73.2 Å². The van der Waals surface area contributed by atoms with Gasteiger partial charge < -0.3 is 0 Å². The number of benzene rings is 1. The van der Waals surface area contributed by atoms with Gasteiger partial charge in [-0.25, -0.2) is 0 Å². The predicted octanol–water partition coefficient (Wildman–Crippen LogP) is 2.80. The van der Waals surface area contributed by atoms with E-state index in [-0.39, 0.29) is 0 Å².